The Hall–Kier alpha value is -2.20. The van der Waals surface area contributed by atoms with Gasteiger partial charge in [0.05, 0.1) is 31.4 Å². The van der Waals surface area contributed by atoms with Crippen LogP contribution < -0.4 is 14.8 Å². The van der Waals surface area contributed by atoms with Crippen LogP contribution in [-0.4, -0.2) is 20.1 Å². The molecule has 0 heterocycles. The zero-order valence-corrected chi connectivity index (χ0v) is 14.5. The van der Waals surface area contributed by atoms with Crippen LogP contribution in [0.5, 0.6) is 11.5 Å². The second-order valence-corrected chi connectivity index (χ2v) is 5.75. The van der Waals surface area contributed by atoms with E-state index in [1.807, 2.05) is 32.0 Å². The smallest absolute Gasteiger partial charge is 0.228 e. The molecule has 2 aromatic rings. The van der Waals surface area contributed by atoms with Gasteiger partial charge in [-0.05, 0) is 37.1 Å². The van der Waals surface area contributed by atoms with E-state index in [1.54, 1.807) is 26.4 Å². The van der Waals surface area contributed by atoms with E-state index in [1.165, 1.54) is 0 Å². The number of benzene rings is 2. The summed E-state index contributed by atoms with van der Waals surface area (Å²) in [6.45, 7) is 3.88. The van der Waals surface area contributed by atoms with Crippen LogP contribution in [0.15, 0.2) is 30.3 Å². The SMILES string of the molecule is COc1ccc(CC(=O)Nc2c(C)cc(C)cc2Cl)c(OC)c1. The minimum atomic E-state index is -0.151. The minimum absolute atomic E-state index is 0.151. The molecule has 2 rings (SSSR count). The van der Waals surface area contributed by atoms with Crippen LogP contribution in [0.25, 0.3) is 0 Å². The normalized spacial score (nSPS) is 10.3. The number of carbonyl (C=O) groups excluding carboxylic acids is 1. The molecule has 0 spiro atoms. The average molecular weight is 334 g/mol. The summed E-state index contributed by atoms with van der Waals surface area (Å²) in [4.78, 5) is 12.3. The number of nitrogens with one attached hydrogen (secondary N) is 1. The van der Waals surface area contributed by atoms with E-state index in [0.29, 0.717) is 22.2 Å². The number of carbonyl (C=O) groups is 1. The van der Waals surface area contributed by atoms with Gasteiger partial charge in [-0.2, -0.15) is 0 Å². The first kappa shape index (κ1) is 17.2. The molecular weight excluding hydrogens is 314 g/mol. The molecule has 0 unspecified atom stereocenters. The van der Waals surface area contributed by atoms with Gasteiger partial charge in [-0.3, -0.25) is 4.79 Å². The van der Waals surface area contributed by atoms with Crippen molar-refractivity contribution in [2.75, 3.05) is 19.5 Å². The summed E-state index contributed by atoms with van der Waals surface area (Å²) in [5.74, 6) is 1.15. The second kappa shape index (κ2) is 7.38. The van der Waals surface area contributed by atoms with Crippen LogP contribution in [-0.2, 0) is 11.2 Å². The van der Waals surface area contributed by atoms with E-state index in [2.05, 4.69) is 5.32 Å². The molecule has 0 fully saturated rings. The highest BCUT2D eigenvalue weighted by molar-refractivity contribution is 6.34. The molecule has 23 heavy (non-hydrogen) atoms. The van der Waals surface area contributed by atoms with Crippen molar-refractivity contribution in [1.82, 2.24) is 0 Å². The van der Waals surface area contributed by atoms with Gasteiger partial charge in [-0.25, -0.2) is 0 Å². The van der Waals surface area contributed by atoms with Gasteiger partial charge in [0.15, 0.2) is 0 Å². The number of hydrogen-bond acceptors (Lipinski definition) is 3. The standard InChI is InChI=1S/C18H20ClNO3/c1-11-7-12(2)18(15(19)8-11)20-17(21)9-13-5-6-14(22-3)10-16(13)23-4/h5-8,10H,9H2,1-4H3,(H,20,21). The quantitative estimate of drug-likeness (QED) is 0.894. The Morgan fingerprint density at radius 1 is 1.13 bits per heavy atom. The number of halogens is 1. The Morgan fingerprint density at radius 3 is 2.48 bits per heavy atom. The molecule has 122 valence electrons. The molecule has 1 amide bonds. The molecule has 4 nitrogen and oxygen atoms in total. The van der Waals surface area contributed by atoms with Crippen LogP contribution in [0.1, 0.15) is 16.7 Å². The number of hydrogen-bond donors (Lipinski definition) is 1. The average Bonchev–Trinajstić information content (AvgIpc) is 2.51. The highest BCUT2D eigenvalue weighted by Gasteiger charge is 2.13. The molecule has 0 saturated carbocycles. The van der Waals surface area contributed by atoms with Crippen molar-refractivity contribution in [3.05, 3.63) is 52.0 Å². The van der Waals surface area contributed by atoms with Gasteiger partial charge in [0.1, 0.15) is 11.5 Å². The maximum atomic E-state index is 12.3. The van der Waals surface area contributed by atoms with Crippen molar-refractivity contribution in [1.29, 1.82) is 0 Å². The lowest BCUT2D eigenvalue weighted by atomic mass is 10.1. The van der Waals surface area contributed by atoms with Crippen molar-refractivity contribution < 1.29 is 14.3 Å². The largest absolute Gasteiger partial charge is 0.497 e. The Morgan fingerprint density at radius 2 is 1.87 bits per heavy atom. The van der Waals surface area contributed by atoms with Crippen molar-refractivity contribution in [3.8, 4) is 11.5 Å². The minimum Gasteiger partial charge on any atom is -0.497 e. The Kier molecular flexibility index (Phi) is 5.50. The van der Waals surface area contributed by atoms with Gasteiger partial charge in [0.2, 0.25) is 5.91 Å². The third-order valence-electron chi connectivity index (χ3n) is 3.54. The van der Waals surface area contributed by atoms with Gasteiger partial charge in [-0.1, -0.05) is 23.7 Å². The summed E-state index contributed by atoms with van der Waals surface area (Å²) in [7, 11) is 3.15. The van der Waals surface area contributed by atoms with Gasteiger partial charge in [0.25, 0.3) is 0 Å². The number of ether oxygens (including phenoxy) is 2. The zero-order chi connectivity index (χ0) is 17.0. The number of rotatable bonds is 5. The van der Waals surface area contributed by atoms with Crippen LogP contribution >= 0.6 is 11.6 Å². The zero-order valence-electron chi connectivity index (χ0n) is 13.7. The first-order valence-electron chi connectivity index (χ1n) is 7.22. The maximum Gasteiger partial charge on any atom is 0.228 e. The molecule has 2 aromatic carbocycles. The summed E-state index contributed by atoms with van der Waals surface area (Å²) in [6, 6.07) is 9.19. The number of amides is 1. The molecule has 0 aliphatic heterocycles. The van der Waals surface area contributed by atoms with E-state index in [0.717, 1.165) is 16.7 Å². The third-order valence-corrected chi connectivity index (χ3v) is 3.84. The van der Waals surface area contributed by atoms with E-state index in [-0.39, 0.29) is 12.3 Å². The molecule has 1 N–H and O–H groups in total. The highest BCUT2D eigenvalue weighted by Crippen LogP contribution is 2.29. The maximum absolute atomic E-state index is 12.3. The summed E-state index contributed by atoms with van der Waals surface area (Å²) < 4.78 is 10.5. The molecule has 0 radical (unpaired) electrons. The van der Waals surface area contributed by atoms with Crippen molar-refractivity contribution in [2.24, 2.45) is 0 Å². The van der Waals surface area contributed by atoms with Gasteiger partial charge < -0.3 is 14.8 Å². The summed E-state index contributed by atoms with van der Waals surface area (Å²) in [6.07, 6.45) is 0.191. The molecule has 0 aliphatic rings. The topological polar surface area (TPSA) is 47.6 Å². The number of anilines is 1. The van der Waals surface area contributed by atoms with Crippen molar-refractivity contribution >= 4 is 23.2 Å². The molecule has 0 bridgehead atoms. The van der Waals surface area contributed by atoms with Crippen LogP contribution in [0.4, 0.5) is 5.69 Å². The molecule has 0 atom stereocenters. The van der Waals surface area contributed by atoms with Crippen molar-refractivity contribution in [3.63, 3.8) is 0 Å². The lowest BCUT2D eigenvalue weighted by molar-refractivity contribution is -0.115. The molecular formula is C18H20ClNO3. The van der Waals surface area contributed by atoms with Gasteiger partial charge >= 0.3 is 0 Å². The lowest BCUT2D eigenvalue weighted by Gasteiger charge is -2.13. The predicted molar refractivity (Wildman–Crippen MR) is 92.8 cm³/mol. The molecule has 0 saturated heterocycles. The fraction of sp³-hybridized carbons (Fsp3) is 0.278. The highest BCUT2D eigenvalue weighted by atomic mass is 35.5. The summed E-state index contributed by atoms with van der Waals surface area (Å²) >= 11 is 6.22. The summed E-state index contributed by atoms with van der Waals surface area (Å²) in [5, 5.41) is 3.42. The van der Waals surface area contributed by atoms with Gasteiger partial charge in [-0.15, -0.1) is 0 Å². The first-order chi connectivity index (χ1) is 10.9. The van der Waals surface area contributed by atoms with Gasteiger partial charge in [0, 0.05) is 11.6 Å². The third kappa shape index (κ3) is 4.17. The lowest BCUT2D eigenvalue weighted by Crippen LogP contribution is -2.16. The monoisotopic (exact) mass is 333 g/mol. The van der Waals surface area contributed by atoms with Crippen LogP contribution in [0.3, 0.4) is 0 Å². The fourth-order valence-corrected chi connectivity index (χ4v) is 2.80. The van der Waals surface area contributed by atoms with E-state index >= 15 is 0 Å². The number of aryl methyl sites for hydroxylation is 2. The second-order valence-electron chi connectivity index (χ2n) is 5.34. The van der Waals surface area contributed by atoms with E-state index < -0.39 is 0 Å². The molecule has 0 aromatic heterocycles. The Labute approximate surface area is 141 Å². The Bertz CT molecular complexity index is 705. The summed E-state index contributed by atoms with van der Waals surface area (Å²) in [5.41, 5.74) is 3.42. The Balaban J connectivity index is 2.17. The molecule has 5 heteroatoms. The molecule has 0 aliphatic carbocycles. The van der Waals surface area contributed by atoms with Crippen LogP contribution in [0.2, 0.25) is 5.02 Å². The predicted octanol–water partition coefficient (Wildman–Crippen LogP) is 4.16. The van der Waals surface area contributed by atoms with Crippen molar-refractivity contribution in [2.45, 2.75) is 20.3 Å². The van der Waals surface area contributed by atoms with E-state index in [4.69, 9.17) is 21.1 Å². The first-order valence-corrected chi connectivity index (χ1v) is 7.60. The van der Waals surface area contributed by atoms with Crippen LogP contribution in [0, 0.1) is 13.8 Å². The number of methoxy groups -OCH3 is 2. The fourth-order valence-electron chi connectivity index (χ4n) is 2.43. The van der Waals surface area contributed by atoms with E-state index in [9.17, 15) is 4.79 Å².